The van der Waals surface area contributed by atoms with Crippen LogP contribution in [0.3, 0.4) is 0 Å². The van der Waals surface area contributed by atoms with Crippen molar-refractivity contribution in [3.05, 3.63) is 37.1 Å². The maximum absolute atomic E-state index is 4.60. The zero-order valence-corrected chi connectivity index (χ0v) is 9.48. The van der Waals surface area contributed by atoms with E-state index in [1.165, 1.54) is 6.33 Å². The van der Waals surface area contributed by atoms with Crippen LogP contribution in [0.4, 0.5) is 0 Å². The molecule has 0 atom stereocenters. The summed E-state index contributed by atoms with van der Waals surface area (Å²) in [6, 6.07) is 4.08. The molecule has 0 radical (unpaired) electrons. The lowest BCUT2D eigenvalue weighted by molar-refractivity contribution is 1.20. The fourth-order valence-corrected chi connectivity index (χ4v) is 3.01. The number of hydrogen-bond acceptors (Lipinski definition) is 5. The molecule has 0 amide bonds. The molecular formula is C12H6N4S. The normalized spacial score (nSPS) is 11.5. The van der Waals surface area contributed by atoms with Crippen LogP contribution >= 0.6 is 11.3 Å². The van der Waals surface area contributed by atoms with Gasteiger partial charge >= 0.3 is 0 Å². The summed E-state index contributed by atoms with van der Waals surface area (Å²) in [6.45, 7) is 0. The summed E-state index contributed by atoms with van der Waals surface area (Å²) in [6.07, 6.45) is 6.98. The molecule has 0 saturated heterocycles. The number of rotatable bonds is 0. The maximum atomic E-state index is 4.60. The van der Waals surface area contributed by atoms with Crippen LogP contribution in [0.25, 0.3) is 31.3 Å². The molecule has 5 heteroatoms. The van der Waals surface area contributed by atoms with E-state index in [0.717, 1.165) is 31.3 Å². The van der Waals surface area contributed by atoms with Crippen molar-refractivity contribution in [2.75, 3.05) is 0 Å². The van der Waals surface area contributed by atoms with Crippen LogP contribution in [0.5, 0.6) is 0 Å². The van der Waals surface area contributed by atoms with E-state index in [4.69, 9.17) is 0 Å². The highest BCUT2D eigenvalue weighted by Gasteiger charge is 2.08. The van der Waals surface area contributed by atoms with Crippen LogP contribution in [0.1, 0.15) is 0 Å². The first-order valence-corrected chi connectivity index (χ1v) is 5.96. The highest BCUT2D eigenvalue weighted by atomic mass is 32.1. The second-order valence-electron chi connectivity index (χ2n) is 3.74. The zero-order valence-electron chi connectivity index (χ0n) is 8.66. The Hall–Kier alpha value is -2.14. The van der Waals surface area contributed by atoms with Crippen molar-refractivity contribution in [2.24, 2.45) is 0 Å². The molecule has 0 spiro atoms. The molecule has 0 unspecified atom stereocenters. The second-order valence-corrected chi connectivity index (χ2v) is 4.83. The van der Waals surface area contributed by atoms with Crippen molar-refractivity contribution < 1.29 is 0 Å². The number of pyridine rings is 2. The van der Waals surface area contributed by atoms with Gasteiger partial charge in [-0.3, -0.25) is 4.98 Å². The summed E-state index contributed by atoms with van der Waals surface area (Å²) in [5.74, 6) is 0. The minimum atomic E-state index is 0.740. The molecule has 0 aliphatic carbocycles. The van der Waals surface area contributed by atoms with E-state index >= 15 is 0 Å². The molecule has 0 N–H and O–H groups in total. The van der Waals surface area contributed by atoms with E-state index in [-0.39, 0.29) is 0 Å². The molecule has 17 heavy (non-hydrogen) atoms. The van der Waals surface area contributed by atoms with Crippen molar-refractivity contribution in [3.8, 4) is 0 Å². The lowest BCUT2D eigenvalue weighted by Gasteiger charge is -1.95. The van der Waals surface area contributed by atoms with Crippen molar-refractivity contribution in [1.82, 2.24) is 19.9 Å². The number of aromatic nitrogens is 4. The van der Waals surface area contributed by atoms with Gasteiger partial charge in [0.2, 0.25) is 0 Å². The van der Waals surface area contributed by atoms with Gasteiger partial charge in [0.15, 0.2) is 5.65 Å². The Morgan fingerprint density at radius 3 is 3.06 bits per heavy atom. The Bertz CT molecular complexity index is 847. The predicted molar refractivity (Wildman–Crippen MR) is 68.0 cm³/mol. The predicted octanol–water partition coefficient (Wildman–Crippen LogP) is 2.79. The van der Waals surface area contributed by atoms with Gasteiger partial charge in [0.1, 0.15) is 6.33 Å². The summed E-state index contributed by atoms with van der Waals surface area (Å²) in [4.78, 5) is 16.9. The average molecular weight is 238 g/mol. The monoisotopic (exact) mass is 238 g/mol. The van der Waals surface area contributed by atoms with Crippen LogP contribution in [0.15, 0.2) is 37.1 Å². The third-order valence-corrected chi connectivity index (χ3v) is 3.79. The summed E-state index contributed by atoms with van der Waals surface area (Å²) >= 11 is 1.70. The van der Waals surface area contributed by atoms with Crippen LogP contribution in [0, 0.1) is 0 Å². The molecule has 4 nitrogen and oxygen atoms in total. The quantitative estimate of drug-likeness (QED) is 0.472. The SMILES string of the molecule is c1cc2c(cn1)sc1cc3cncnc3nc12. The molecule has 0 saturated carbocycles. The van der Waals surface area contributed by atoms with Gasteiger partial charge in [0.05, 0.1) is 14.9 Å². The molecule has 4 aromatic rings. The highest BCUT2D eigenvalue weighted by Crippen LogP contribution is 2.33. The minimum Gasteiger partial charge on any atom is -0.263 e. The van der Waals surface area contributed by atoms with E-state index in [2.05, 4.69) is 26.0 Å². The Kier molecular flexibility index (Phi) is 1.67. The first-order chi connectivity index (χ1) is 8.42. The molecule has 0 aliphatic heterocycles. The largest absolute Gasteiger partial charge is 0.263 e. The first kappa shape index (κ1) is 8.95. The van der Waals surface area contributed by atoms with Crippen LogP contribution < -0.4 is 0 Å². The van der Waals surface area contributed by atoms with Crippen molar-refractivity contribution in [3.63, 3.8) is 0 Å². The van der Waals surface area contributed by atoms with Gasteiger partial charge in [-0.1, -0.05) is 0 Å². The lowest BCUT2D eigenvalue weighted by atomic mass is 10.2. The molecule has 0 aromatic carbocycles. The molecule has 4 heterocycles. The van der Waals surface area contributed by atoms with E-state index < -0.39 is 0 Å². The van der Waals surface area contributed by atoms with Crippen molar-refractivity contribution in [1.29, 1.82) is 0 Å². The molecule has 4 aromatic heterocycles. The third-order valence-electron chi connectivity index (χ3n) is 2.72. The zero-order chi connectivity index (χ0) is 11.2. The molecular weight excluding hydrogens is 232 g/mol. The minimum absolute atomic E-state index is 0.740. The Morgan fingerprint density at radius 2 is 2.06 bits per heavy atom. The molecule has 4 rings (SSSR count). The Morgan fingerprint density at radius 1 is 1.06 bits per heavy atom. The van der Waals surface area contributed by atoms with Gasteiger partial charge in [-0.05, 0) is 12.1 Å². The van der Waals surface area contributed by atoms with Gasteiger partial charge < -0.3 is 0 Å². The van der Waals surface area contributed by atoms with Crippen molar-refractivity contribution in [2.45, 2.75) is 0 Å². The molecule has 0 bridgehead atoms. The van der Waals surface area contributed by atoms with Crippen LogP contribution in [-0.4, -0.2) is 19.9 Å². The van der Waals surface area contributed by atoms with E-state index in [0.29, 0.717) is 0 Å². The van der Waals surface area contributed by atoms with Crippen LogP contribution in [0.2, 0.25) is 0 Å². The fraction of sp³-hybridized carbons (Fsp3) is 0. The summed E-state index contributed by atoms with van der Waals surface area (Å²) in [7, 11) is 0. The molecule has 80 valence electrons. The topological polar surface area (TPSA) is 51.6 Å². The van der Waals surface area contributed by atoms with Gasteiger partial charge in [0.25, 0.3) is 0 Å². The Balaban J connectivity index is 2.28. The molecule has 0 aliphatic rings. The fourth-order valence-electron chi connectivity index (χ4n) is 1.95. The molecule has 0 fully saturated rings. The van der Waals surface area contributed by atoms with Gasteiger partial charge in [-0.15, -0.1) is 11.3 Å². The van der Waals surface area contributed by atoms with E-state index in [1.807, 2.05) is 12.3 Å². The van der Waals surface area contributed by atoms with Gasteiger partial charge in [-0.25, -0.2) is 15.0 Å². The number of nitrogens with zero attached hydrogens (tertiary/aromatic N) is 4. The van der Waals surface area contributed by atoms with Crippen LogP contribution in [-0.2, 0) is 0 Å². The number of hydrogen-bond donors (Lipinski definition) is 0. The third kappa shape index (κ3) is 1.23. The summed E-state index contributed by atoms with van der Waals surface area (Å²) in [5, 5.41) is 2.11. The van der Waals surface area contributed by atoms with Gasteiger partial charge in [-0.2, -0.15) is 0 Å². The standard InChI is InChI=1S/C12H6N4S/c1-2-13-5-10-8(1)11-9(17-10)3-7-4-14-6-15-12(7)16-11/h1-6H. The second kappa shape index (κ2) is 3.18. The van der Waals surface area contributed by atoms with E-state index in [1.54, 1.807) is 23.7 Å². The van der Waals surface area contributed by atoms with Crippen molar-refractivity contribution >= 4 is 42.7 Å². The summed E-state index contributed by atoms with van der Waals surface area (Å²) in [5.41, 5.74) is 1.74. The Labute approximate surface area is 100.0 Å². The van der Waals surface area contributed by atoms with Gasteiger partial charge in [0, 0.05) is 29.4 Å². The lowest BCUT2D eigenvalue weighted by Crippen LogP contribution is -1.84. The summed E-state index contributed by atoms with van der Waals surface area (Å²) < 4.78 is 2.30. The van der Waals surface area contributed by atoms with E-state index in [9.17, 15) is 0 Å². The number of fused-ring (bicyclic) bond motifs is 4. The number of thiophene rings is 1. The average Bonchev–Trinajstić information content (AvgIpc) is 2.73. The smallest absolute Gasteiger partial charge is 0.163 e. The first-order valence-electron chi connectivity index (χ1n) is 5.15. The highest BCUT2D eigenvalue weighted by molar-refractivity contribution is 7.25. The maximum Gasteiger partial charge on any atom is 0.163 e.